The summed E-state index contributed by atoms with van der Waals surface area (Å²) >= 11 is 0. The van der Waals surface area contributed by atoms with Crippen molar-refractivity contribution in [3.63, 3.8) is 0 Å². The van der Waals surface area contributed by atoms with Crippen LogP contribution < -0.4 is 11.6 Å². The minimum atomic E-state index is -0.368. The SMILES string of the molecule is CN(N)C(=O)CCCc1ccc2oc(=O)n(C)c2c1. The number of hydrogen-bond donors (Lipinski definition) is 1. The van der Waals surface area contributed by atoms with Crippen LogP contribution >= 0.6 is 0 Å². The number of hydrogen-bond acceptors (Lipinski definition) is 4. The van der Waals surface area contributed by atoms with Gasteiger partial charge in [-0.15, -0.1) is 0 Å². The number of hydrazine groups is 1. The van der Waals surface area contributed by atoms with Crippen molar-refractivity contribution in [2.75, 3.05) is 7.05 Å². The Bertz CT molecular complexity index is 655. The molecule has 1 heterocycles. The highest BCUT2D eigenvalue weighted by atomic mass is 16.4. The Morgan fingerprint density at radius 1 is 1.47 bits per heavy atom. The highest BCUT2D eigenvalue weighted by Gasteiger charge is 2.08. The maximum Gasteiger partial charge on any atom is 0.419 e. The van der Waals surface area contributed by atoms with Gasteiger partial charge in [-0.05, 0) is 30.5 Å². The molecule has 0 aliphatic heterocycles. The van der Waals surface area contributed by atoms with Crippen LogP contribution in [0.15, 0.2) is 27.4 Å². The Labute approximate surface area is 110 Å². The van der Waals surface area contributed by atoms with Crippen molar-refractivity contribution in [3.05, 3.63) is 34.3 Å². The van der Waals surface area contributed by atoms with E-state index < -0.39 is 0 Å². The molecule has 0 saturated heterocycles. The monoisotopic (exact) mass is 263 g/mol. The molecule has 0 fully saturated rings. The van der Waals surface area contributed by atoms with E-state index in [1.54, 1.807) is 13.1 Å². The molecule has 0 unspecified atom stereocenters. The normalized spacial score (nSPS) is 10.9. The molecule has 0 bridgehead atoms. The molecule has 1 amide bonds. The van der Waals surface area contributed by atoms with E-state index in [1.807, 2.05) is 12.1 Å². The van der Waals surface area contributed by atoms with E-state index >= 15 is 0 Å². The summed E-state index contributed by atoms with van der Waals surface area (Å²) in [4.78, 5) is 22.7. The average Bonchev–Trinajstić information content (AvgIpc) is 2.65. The Morgan fingerprint density at radius 2 is 2.21 bits per heavy atom. The summed E-state index contributed by atoms with van der Waals surface area (Å²) < 4.78 is 6.53. The molecule has 0 spiro atoms. The second-order valence-electron chi connectivity index (χ2n) is 4.59. The zero-order chi connectivity index (χ0) is 14.0. The van der Waals surface area contributed by atoms with Gasteiger partial charge in [-0.1, -0.05) is 6.07 Å². The second kappa shape index (κ2) is 5.27. The van der Waals surface area contributed by atoms with E-state index in [4.69, 9.17) is 10.3 Å². The molecule has 0 radical (unpaired) electrons. The third kappa shape index (κ3) is 2.85. The first-order chi connectivity index (χ1) is 8.99. The first kappa shape index (κ1) is 13.4. The molecular weight excluding hydrogens is 246 g/mol. The van der Waals surface area contributed by atoms with Gasteiger partial charge < -0.3 is 4.42 Å². The Balaban J connectivity index is 2.07. The molecule has 6 nitrogen and oxygen atoms in total. The van der Waals surface area contributed by atoms with Crippen LogP contribution in [0.25, 0.3) is 11.1 Å². The van der Waals surface area contributed by atoms with Gasteiger partial charge in [0.2, 0.25) is 5.91 Å². The molecule has 1 aromatic heterocycles. The van der Waals surface area contributed by atoms with Gasteiger partial charge in [0, 0.05) is 20.5 Å². The van der Waals surface area contributed by atoms with Crippen LogP contribution in [0.3, 0.4) is 0 Å². The van der Waals surface area contributed by atoms with Gasteiger partial charge in [0.1, 0.15) is 0 Å². The maximum atomic E-state index is 11.4. The quantitative estimate of drug-likeness (QED) is 0.502. The second-order valence-corrected chi connectivity index (χ2v) is 4.59. The van der Waals surface area contributed by atoms with Crippen molar-refractivity contribution in [1.82, 2.24) is 9.58 Å². The van der Waals surface area contributed by atoms with E-state index in [1.165, 1.54) is 11.6 Å². The van der Waals surface area contributed by atoms with Gasteiger partial charge in [0.15, 0.2) is 5.58 Å². The highest BCUT2D eigenvalue weighted by Crippen LogP contribution is 2.15. The number of benzene rings is 1. The fourth-order valence-corrected chi connectivity index (χ4v) is 1.95. The first-order valence-corrected chi connectivity index (χ1v) is 6.09. The number of oxazole rings is 1. The summed E-state index contributed by atoms with van der Waals surface area (Å²) in [6, 6.07) is 5.60. The summed E-state index contributed by atoms with van der Waals surface area (Å²) in [6.45, 7) is 0. The minimum Gasteiger partial charge on any atom is -0.408 e. The summed E-state index contributed by atoms with van der Waals surface area (Å²) in [7, 11) is 3.21. The van der Waals surface area contributed by atoms with Crippen LogP contribution in [0.1, 0.15) is 18.4 Å². The Morgan fingerprint density at radius 3 is 2.89 bits per heavy atom. The molecule has 0 saturated carbocycles. The standard InChI is InChI=1S/C13H17N3O3/c1-15-10-8-9(4-3-5-12(17)16(2)14)6-7-11(10)19-13(15)18/h6-8H,3-5,14H2,1-2H3. The van der Waals surface area contributed by atoms with E-state index in [-0.39, 0.29) is 11.7 Å². The molecule has 2 aromatic rings. The number of fused-ring (bicyclic) bond motifs is 1. The lowest BCUT2D eigenvalue weighted by Gasteiger charge is -2.09. The number of carbonyl (C=O) groups excluding carboxylic acids is 1. The predicted octanol–water partition coefficient (Wildman–Crippen LogP) is 0.786. The number of nitrogens with two attached hydrogens (primary N) is 1. The lowest BCUT2D eigenvalue weighted by Crippen LogP contribution is -2.32. The fraction of sp³-hybridized carbons (Fsp3) is 0.385. The summed E-state index contributed by atoms with van der Waals surface area (Å²) in [6.07, 6.45) is 1.89. The molecule has 0 aliphatic rings. The zero-order valence-corrected chi connectivity index (χ0v) is 11.0. The topological polar surface area (TPSA) is 81.5 Å². The molecule has 0 aliphatic carbocycles. The predicted molar refractivity (Wildman–Crippen MR) is 71.4 cm³/mol. The molecule has 0 atom stereocenters. The van der Waals surface area contributed by atoms with Gasteiger partial charge in [-0.25, -0.2) is 10.6 Å². The van der Waals surface area contributed by atoms with E-state index in [0.717, 1.165) is 28.9 Å². The minimum absolute atomic E-state index is 0.0863. The molecular formula is C13H17N3O3. The Hall–Kier alpha value is -2.08. The lowest BCUT2D eigenvalue weighted by atomic mass is 10.1. The Kier molecular flexibility index (Phi) is 3.71. The third-order valence-corrected chi connectivity index (χ3v) is 3.11. The van der Waals surface area contributed by atoms with E-state index in [0.29, 0.717) is 12.0 Å². The number of nitrogens with zero attached hydrogens (tertiary/aromatic N) is 2. The van der Waals surface area contributed by atoms with Crippen molar-refractivity contribution < 1.29 is 9.21 Å². The van der Waals surface area contributed by atoms with Crippen molar-refractivity contribution in [3.8, 4) is 0 Å². The van der Waals surface area contributed by atoms with Gasteiger partial charge in [-0.2, -0.15) is 0 Å². The molecule has 2 rings (SSSR count). The molecule has 1 aromatic carbocycles. The molecule has 19 heavy (non-hydrogen) atoms. The van der Waals surface area contributed by atoms with Crippen LogP contribution in [0.4, 0.5) is 0 Å². The fourth-order valence-electron chi connectivity index (χ4n) is 1.95. The first-order valence-electron chi connectivity index (χ1n) is 6.09. The summed E-state index contributed by atoms with van der Waals surface area (Å²) in [5, 5.41) is 1.10. The van der Waals surface area contributed by atoms with Crippen LogP contribution in [-0.4, -0.2) is 22.5 Å². The van der Waals surface area contributed by atoms with Crippen molar-refractivity contribution in [2.24, 2.45) is 12.9 Å². The number of aromatic nitrogens is 1. The highest BCUT2D eigenvalue weighted by molar-refractivity contribution is 5.75. The van der Waals surface area contributed by atoms with Crippen LogP contribution in [0, 0.1) is 0 Å². The summed E-state index contributed by atoms with van der Waals surface area (Å²) in [5.41, 5.74) is 2.41. The number of carbonyl (C=O) groups is 1. The number of rotatable bonds is 4. The van der Waals surface area contributed by atoms with Crippen molar-refractivity contribution >= 4 is 17.0 Å². The average molecular weight is 263 g/mol. The van der Waals surface area contributed by atoms with Gasteiger partial charge in [-0.3, -0.25) is 14.4 Å². The van der Waals surface area contributed by atoms with E-state index in [2.05, 4.69) is 0 Å². The van der Waals surface area contributed by atoms with Crippen molar-refractivity contribution in [1.29, 1.82) is 0 Å². The maximum absolute atomic E-state index is 11.4. The third-order valence-electron chi connectivity index (χ3n) is 3.11. The molecule has 6 heteroatoms. The van der Waals surface area contributed by atoms with E-state index in [9.17, 15) is 9.59 Å². The molecule has 102 valence electrons. The number of amides is 1. The van der Waals surface area contributed by atoms with Crippen LogP contribution in [-0.2, 0) is 18.3 Å². The van der Waals surface area contributed by atoms with Gasteiger partial charge >= 0.3 is 5.76 Å². The zero-order valence-electron chi connectivity index (χ0n) is 11.0. The van der Waals surface area contributed by atoms with Crippen LogP contribution in [0.5, 0.6) is 0 Å². The smallest absolute Gasteiger partial charge is 0.408 e. The largest absolute Gasteiger partial charge is 0.419 e. The van der Waals surface area contributed by atoms with Gasteiger partial charge in [0.05, 0.1) is 5.52 Å². The van der Waals surface area contributed by atoms with Crippen molar-refractivity contribution in [2.45, 2.75) is 19.3 Å². The summed E-state index contributed by atoms with van der Waals surface area (Å²) in [5.74, 6) is 4.89. The van der Waals surface area contributed by atoms with Gasteiger partial charge in [0.25, 0.3) is 0 Å². The lowest BCUT2D eigenvalue weighted by molar-refractivity contribution is -0.130. The number of aryl methyl sites for hydroxylation is 2. The van der Waals surface area contributed by atoms with Crippen LogP contribution in [0.2, 0.25) is 0 Å². The molecule has 2 N–H and O–H groups in total.